The average Bonchev–Trinajstić information content (AvgIpc) is 2.87. The summed E-state index contributed by atoms with van der Waals surface area (Å²) < 4.78 is 38.4. The smallest absolute Gasteiger partial charge is 0.248 e. The maximum absolute atomic E-state index is 13.0. The predicted octanol–water partition coefficient (Wildman–Crippen LogP) is 2.44. The standard InChI is InChI=1S/C16H20N2O4S/c1-11-9-18(10-15(21-11)14-7-5-4-6-8-14)23(19,20)16-12(2)17-22-13(16)3/h4-8,11,15H,9-10H2,1-3H3/t11-,15-/m0/s1. The van der Waals surface area contributed by atoms with Crippen molar-refractivity contribution in [3.05, 3.63) is 47.3 Å². The second kappa shape index (κ2) is 6.07. The Morgan fingerprint density at radius 1 is 1.17 bits per heavy atom. The summed E-state index contributed by atoms with van der Waals surface area (Å²) >= 11 is 0. The normalized spacial score (nSPS) is 23.1. The summed E-state index contributed by atoms with van der Waals surface area (Å²) in [5.74, 6) is 0.318. The quantitative estimate of drug-likeness (QED) is 0.861. The monoisotopic (exact) mass is 336 g/mol. The third-order valence-corrected chi connectivity index (χ3v) is 6.04. The highest BCUT2D eigenvalue weighted by atomic mass is 32.2. The molecule has 0 radical (unpaired) electrons. The van der Waals surface area contributed by atoms with E-state index in [0.717, 1.165) is 5.56 Å². The van der Waals surface area contributed by atoms with Crippen molar-refractivity contribution in [3.8, 4) is 0 Å². The highest BCUT2D eigenvalue weighted by Gasteiger charge is 2.37. The number of ether oxygens (including phenoxy) is 1. The van der Waals surface area contributed by atoms with E-state index in [1.807, 2.05) is 37.3 Å². The highest BCUT2D eigenvalue weighted by Crippen LogP contribution is 2.31. The molecule has 0 aliphatic carbocycles. The van der Waals surface area contributed by atoms with Gasteiger partial charge in [0.1, 0.15) is 10.6 Å². The number of hydrogen-bond acceptors (Lipinski definition) is 5. The lowest BCUT2D eigenvalue weighted by atomic mass is 10.1. The number of benzene rings is 1. The van der Waals surface area contributed by atoms with Crippen LogP contribution in [0.1, 0.15) is 30.0 Å². The molecule has 7 heteroatoms. The number of aryl methyl sites for hydroxylation is 2. The van der Waals surface area contributed by atoms with Crippen molar-refractivity contribution >= 4 is 10.0 Å². The minimum Gasteiger partial charge on any atom is -0.368 e. The number of sulfonamides is 1. The Labute approximate surface area is 136 Å². The summed E-state index contributed by atoms with van der Waals surface area (Å²) in [5, 5.41) is 3.76. The van der Waals surface area contributed by atoms with Crippen molar-refractivity contribution in [1.82, 2.24) is 9.46 Å². The fraction of sp³-hybridized carbons (Fsp3) is 0.438. The van der Waals surface area contributed by atoms with Crippen molar-refractivity contribution < 1.29 is 17.7 Å². The Kier molecular flexibility index (Phi) is 4.27. The van der Waals surface area contributed by atoms with Crippen LogP contribution in [-0.4, -0.2) is 37.1 Å². The molecule has 2 atom stereocenters. The fourth-order valence-electron chi connectivity index (χ4n) is 2.93. The first kappa shape index (κ1) is 16.2. The number of aromatic nitrogens is 1. The minimum absolute atomic E-state index is 0.165. The van der Waals surface area contributed by atoms with Gasteiger partial charge in [0.05, 0.1) is 12.2 Å². The molecule has 0 saturated carbocycles. The molecular weight excluding hydrogens is 316 g/mol. The number of hydrogen-bond donors (Lipinski definition) is 0. The molecule has 2 heterocycles. The van der Waals surface area contributed by atoms with Gasteiger partial charge < -0.3 is 9.26 Å². The first-order chi connectivity index (χ1) is 10.9. The topological polar surface area (TPSA) is 72.6 Å². The molecule has 23 heavy (non-hydrogen) atoms. The van der Waals surface area contributed by atoms with E-state index in [-0.39, 0.29) is 23.6 Å². The van der Waals surface area contributed by atoms with Crippen LogP contribution in [0.3, 0.4) is 0 Å². The number of morpholine rings is 1. The van der Waals surface area contributed by atoms with Gasteiger partial charge in [0.2, 0.25) is 10.0 Å². The van der Waals surface area contributed by atoms with E-state index < -0.39 is 10.0 Å². The van der Waals surface area contributed by atoms with Gasteiger partial charge in [-0.3, -0.25) is 0 Å². The van der Waals surface area contributed by atoms with Crippen LogP contribution in [0.25, 0.3) is 0 Å². The van der Waals surface area contributed by atoms with E-state index in [1.54, 1.807) is 13.8 Å². The highest BCUT2D eigenvalue weighted by molar-refractivity contribution is 7.89. The molecule has 1 aromatic heterocycles. The van der Waals surface area contributed by atoms with Gasteiger partial charge in [-0.25, -0.2) is 8.42 Å². The van der Waals surface area contributed by atoms with Gasteiger partial charge in [-0.2, -0.15) is 4.31 Å². The fourth-order valence-corrected chi connectivity index (χ4v) is 4.74. The van der Waals surface area contributed by atoms with Crippen molar-refractivity contribution in [3.63, 3.8) is 0 Å². The van der Waals surface area contributed by atoms with Crippen LogP contribution in [0.2, 0.25) is 0 Å². The lowest BCUT2D eigenvalue weighted by molar-refractivity contribution is -0.0557. The van der Waals surface area contributed by atoms with Gasteiger partial charge in [0, 0.05) is 13.1 Å². The molecule has 0 unspecified atom stereocenters. The van der Waals surface area contributed by atoms with E-state index in [4.69, 9.17) is 9.26 Å². The molecule has 0 N–H and O–H groups in total. The summed E-state index contributed by atoms with van der Waals surface area (Å²) in [7, 11) is -3.66. The lowest BCUT2D eigenvalue weighted by Crippen LogP contribution is -2.46. The zero-order chi connectivity index (χ0) is 16.6. The molecule has 0 amide bonds. The summed E-state index contributed by atoms with van der Waals surface area (Å²) in [6, 6.07) is 9.66. The average molecular weight is 336 g/mol. The Bertz CT molecular complexity index is 766. The van der Waals surface area contributed by atoms with Crippen molar-refractivity contribution in [2.24, 2.45) is 0 Å². The van der Waals surface area contributed by atoms with E-state index in [0.29, 0.717) is 18.0 Å². The first-order valence-electron chi connectivity index (χ1n) is 7.53. The molecule has 2 aromatic rings. The van der Waals surface area contributed by atoms with Crippen LogP contribution in [0.4, 0.5) is 0 Å². The van der Waals surface area contributed by atoms with Gasteiger partial charge in [0.25, 0.3) is 0 Å². The molecular formula is C16H20N2O4S. The molecule has 0 bridgehead atoms. The summed E-state index contributed by atoms with van der Waals surface area (Å²) in [5.41, 5.74) is 1.36. The van der Waals surface area contributed by atoms with Crippen LogP contribution < -0.4 is 0 Å². The van der Waals surface area contributed by atoms with Crippen LogP contribution in [0.5, 0.6) is 0 Å². The Hall–Kier alpha value is -1.70. The van der Waals surface area contributed by atoms with E-state index in [2.05, 4.69) is 5.16 Å². The van der Waals surface area contributed by atoms with E-state index >= 15 is 0 Å². The van der Waals surface area contributed by atoms with E-state index in [1.165, 1.54) is 4.31 Å². The minimum atomic E-state index is -3.66. The molecule has 1 aromatic carbocycles. The van der Waals surface area contributed by atoms with Gasteiger partial charge in [0.15, 0.2) is 5.76 Å². The second-order valence-corrected chi connectivity index (χ2v) is 7.70. The van der Waals surface area contributed by atoms with Gasteiger partial charge >= 0.3 is 0 Å². The summed E-state index contributed by atoms with van der Waals surface area (Å²) in [6.07, 6.45) is -0.473. The molecule has 0 spiro atoms. The summed E-state index contributed by atoms with van der Waals surface area (Å²) in [6.45, 7) is 5.73. The predicted molar refractivity (Wildman–Crippen MR) is 84.5 cm³/mol. The lowest BCUT2D eigenvalue weighted by Gasteiger charge is -2.36. The Balaban J connectivity index is 1.93. The van der Waals surface area contributed by atoms with Crippen LogP contribution >= 0.6 is 0 Å². The molecule has 1 aliphatic heterocycles. The Morgan fingerprint density at radius 2 is 1.87 bits per heavy atom. The third kappa shape index (κ3) is 3.04. The number of nitrogens with zero attached hydrogens (tertiary/aromatic N) is 2. The van der Waals surface area contributed by atoms with Crippen LogP contribution in [-0.2, 0) is 14.8 Å². The van der Waals surface area contributed by atoms with Gasteiger partial charge in [-0.05, 0) is 26.3 Å². The van der Waals surface area contributed by atoms with Crippen molar-refractivity contribution in [1.29, 1.82) is 0 Å². The third-order valence-electron chi connectivity index (χ3n) is 3.96. The molecule has 1 fully saturated rings. The van der Waals surface area contributed by atoms with Crippen molar-refractivity contribution in [2.45, 2.75) is 37.9 Å². The van der Waals surface area contributed by atoms with Crippen LogP contribution in [0, 0.1) is 13.8 Å². The van der Waals surface area contributed by atoms with Gasteiger partial charge in [-0.15, -0.1) is 0 Å². The molecule has 1 saturated heterocycles. The molecule has 6 nitrogen and oxygen atoms in total. The van der Waals surface area contributed by atoms with E-state index in [9.17, 15) is 8.42 Å². The zero-order valence-electron chi connectivity index (χ0n) is 13.4. The zero-order valence-corrected chi connectivity index (χ0v) is 14.2. The maximum atomic E-state index is 13.0. The second-order valence-electron chi connectivity index (χ2n) is 5.82. The number of rotatable bonds is 3. The molecule has 1 aliphatic rings. The van der Waals surface area contributed by atoms with Gasteiger partial charge in [-0.1, -0.05) is 35.5 Å². The largest absolute Gasteiger partial charge is 0.368 e. The summed E-state index contributed by atoms with van der Waals surface area (Å²) in [4.78, 5) is 0.165. The van der Waals surface area contributed by atoms with Crippen LogP contribution in [0.15, 0.2) is 39.8 Å². The maximum Gasteiger partial charge on any atom is 0.248 e. The molecule has 124 valence electrons. The Morgan fingerprint density at radius 3 is 2.48 bits per heavy atom. The molecule has 3 rings (SSSR count). The van der Waals surface area contributed by atoms with Crippen molar-refractivity contribution in [2.75, 3.05) is 13.1 Å². The first-order valence-corrected chi connectivity index (χ1v) is 8.97. The SMILES string of the molecule is Cc1noc(C)c1S(=O)(=O)N1C[C@@H](c2ccccc2)O[C@@H](C)C1.